The van der Waals surface area contributed by atoms with E-state index in [9.17, 15) is 9.90 Å². The molecule has 3 heterocycles. The van der Waals surface area contributed by atoms with Crippen molar-refractivity contribution >= 4 is 28.9 Å². The van der Waals surface area contributed by atoms with Crippen LogP contribution in [-0.2, 0) is 17.7 Å². The molecule has 0 aliphatic carbocycles. The minimum atomic E-state index is -0.166. The molecule has 1 saturated heterocycles. The zero-order valence-corrected chi connectivity index (χ0v) is 21.2. The summed E-state index contributed by atoms with van der Waals surface area (Å²) in [6, 6.07) is 20.7. The second-order valence-corrected chi connectivity index (χ2v) is 9.90. The highest BCUT2D eigenvalue weighted by atomic mass is 32.1. The lowest BCUT2D eigenvalue weighted by Gasteiger charge is -2.26. The van der Waals surface area contributed by atoms with Gasteiger partial charge < -0.3 is 20.5 Å². The van der Waals surface area contributed by atoms with Crippen LogP contribution in [-0.4, -0.2) is 58.7 Å². The van der Waals surface area contributed by atoms with Crippen LogP contribution in [0.5, 0.6) is 5.75 Å². The molecule has 4 aromatic rings. The van der Waals surface area contributed by atoms with Gasteiger partial charge in [-0.2, -0.15) is 0 Å². The van der Waals surface area contributed by atoms with Crippen LogP contribution in [0.15, 0.2) is 72.9 Å². The minimum absolute atomic E-state index is 0.166. The molecule has 1 aliphatic rings. The molecule has 0 unspecified atom stereocenters. The van der Waals surface area contributed by atoms with Gasteiger partial charge in [-0.05, 0) is 60.0 Å². The Morgan fingerprint density at radius 3 is 2.73 bits per heavy atom. The summed E-state index contributed by atoms with van der Waals surface area (Å²) in [5.41, 5.74) is 3.78. The molecule has 2 aromatic heterocycles. The summed E-state index contributed by atoms with van der Waals surface area (Å²) in [7, 11) is 0. The number of anilines is 2. The topological polar surface area (TPSA) is 99.6 Å². The number of hydrogen-bond acceptors (Lipinski definition) is 8. The van der Waals surface area contributed by atoms with E-state index in [1.165, 1.54) is 16.9 Å². The number of benzene rings is 2. The molecule has 1 aliphatic heterocycles. The van der Waals surface area contributed by atoms with Crippen molar-refractivity contribution in [1.82, 2.24) is 20.2 Å². The fourth-order valence-corrected chi connectivity index (χ4v) is 5.03. The molecule has 3 N–H and O–H groups in total. The average molecular weight is 516 g/mol. The van der Waals surface area contributed by atoms with E-state index in [-0.39, 0.29) is 11.7 Å². The first-order valence-corrected chi connectivity index (χ1v) is 13.1. The van der Waals surface area contributed by atoms with Crippen molar-refractivity contribution in [3.05, 3.63) is 88.9 Å². The standard InChI is InChI=1S/C28H29N5O3S/c34-23-6-2-4-21(18-23)19-30-27(35)26-8-7-25(37-26)24-9-11-29-28(32-24)31-22-5-1-3-20(17-22)10-12-33-13-15-36-16-14-33/h1-9,11,17-18,34H,10,12-16,19H2,(H,30,35)(H,29,31,32). The van der Waals surface area contributed by atoms with Crippen molar-refractivity contribution < 1.29 is 14.6 Å². The number of carbonyl (C=O) groups is 1. The largest absolute Gasteiger partial charge is 0.508 e. The number of thiophene rings is 1. The number of nitrogens with one attached hydrogen (secondary N) is 2. The number of carbonyl (C=O) groups excluding carboxylic acids is 1. The van der Waals surface area contributed by atoms with Crippen LogP contribution in [0.1, 0.15) is 20.8 Å². The number of aromatic hydroxyl groups is 1. The van der Waals surface area contributed by atoms with Crippen LogP contribution in [0.2, 0.25) is 0 Å². The van der Waals surface area contributed by atoms with Crippen molar-refractivity contribution in [3.63, 3.8) is 0 Å². The summed E-state index contributed by atoms with van der Waals surface area (Å²) in [6.07, 6.45) is 2.69. The Balaban J connectivity index is 1.20. The second kappa shape index (κ2) is 12.0. The van der Waals surface area contributed by atoms with Gasteiger partial charge in [0.15, 0.2) is 0 Å². The van der Waals surface area contributed by atoms with E-state index in [4.69, 9.17) is 4.74 Å². The summed E-state index contributed by atoms with van der Waals surface area (Å²) in [4.78, 5) is 25.6. The molecule has 0 saturated carbocycles. The number of hydrogen-bond donors (Lipinski definition) is 3. The van der Waals surface area contributed by atoms with Crippen LogP contribution in [0.3, 0.4) is 0 Å². The van der Waals surface area contributed by atoms with Crippen molar-refractivity contribution in [1.29, 1.82) is 0 Å². The Labute approximate surface area is 220 Å². The molecule has 37 heavy (non-hydrogen) atoms. The monoisotopic (exact) mass is 515 g/mol. The Hall–Kier alpha value is -3.79. The van der Waals surface area contributed by atoms with Gasteiger partial charge >= 0.3 is 0 Å². The number of aromatic nitrogens is 2. The summed E-state index contributed by atoms with van der Waals surface area (Å²) >= 11 is 1.38. The zero-order valence-electron chi connectivity index (χ0n) is 20.4. The predicted molar refractivity (Wildman–Crippen MR) is 145 cm³/mol. The van der Waals surface area contributed by atoms with E-state index >= 15 is 0 Å². The predicted octanol–water partition coefficient (Wildman–Crippen LogP) is 4.46. The number of ether oxygens (including phenoxy) is 1. The second-order valence-electron chi connectivity index (χ2n) is 8.81. The smallest absolute Gasteiger partial charge is 0.261 e. The lowest BCUT2D eigenvalue weighted by atomic mass is 10.1. The Morgan fingerprint density at radius 2 is 1.86 bits per heavy atom. The highest BCUT2D eigenvalue weighted by molar-refractivity contribution is 7.17. The van der Waals surface area contributed by atoms with Gasteiger partial charge in [-0.3, -0.25) is 9.69 Å². The molecule has 9 heteroatoms. The highest BCUT2D eigenvalue weighted by Crippen LogP contribution is 2.28. The van der Waals surface area contributed by atoms with Crippen LogP contribution >= 0.6 is 11.3 Å². The van der Waals surface area contributed by atoms with Crippen molar-refractivity contribution in [2.45, 2.75) is 13.0 Å². The van der Waals surface area contributed by atoms with Gasteiger partial charge in [0.05, 0.1) is 28.7 Å². The first kappa shape index (κ1) is 24.9. The maximum atomic E-state index is 12.6. The lowest BCUT2D eigenvalue weighted by molar-refractivity contribution is 0.0384. The molecule has 0 radical (unpaired) electrons. The third kappa shape index (κ3) is 6.91. The van der Waals surface area contributed by atoms with Gasteiger partial charge in [0.2, 0.25) is 5.95 Å². The van der Waals surface area contributed by atoms with E-state index in [1.54, 1.807) is 30.5 Å². The molecular weight excluding hydrogens is 486 g/mol. The Bertz CT molecular complexity index is 1350. The molecule has 1 fully saturated rings. The number of amides is 1. The van der Waals surface area contributed by atoms with E-state index in [2.05, 4.69) is 37.6 Å². The third-order valence-electron chi connectivity index (χ3n) is 6.10. The molecule has 0 spiro atoms. The number of nitrogens with zero attached hydrogens (tertiary/aromatic N) is 3. The van der Waals surface area contributed by atoms with Crippen LogP contribution in [0.4, 0.5) is 11.6 Å². The van der Waals surface area contributed by atoms with Crippen LogP contribution in [0.25, 0.3) is 10.6 Å². The van der Waals surface area contributed by atoms with Gasteiger partial charge in [0.1, 0.15) is 5.75 Å². The van der Waals surface area contributed by atoms with Crippen LogP contribution < -0.4 is 10.6 Å². The number of rotatable bonds is 9. The highest BCUT2D eigenvalue weighted by Gasteiger charge is 2.13. The normalized spacial score (nSPS) is 13.8. The van der Waals surface area contributed by atoms with Crippen LogP contribution in [0, 0.1) is 0 Å². The van der Waals surface area contributed by atoms with E-state index < -0.39 is 0 Å². The fraction of sp³-hybridized carbons (Fsp3) is 0.250. The maximum Gasteiger partial charge on any atom is 0.261 e. The van der Waals surface area contributed by atoms with E-state index in [1.807, 2.05) is 30.3 Å². The first-order valence-electron chi connectivity index (χ1n) is 12.3. The first-order chi connectivity index (χ1) is 18.1. The van der Waals surface area contributed by atoms with Gasteiger partial charge in [-0.15, -0.1) is 11.3 Å². The van der Waals surface area contributed by atoms with Gasteiger partial charge in [0.25, 0.3) is 5.91 Å². The summed E-state index contributed by atoms with van der Waals surface area (Å²) < 4.78 is 5.43. The molecule has 190 valence electrons. The SMILES string of the molecule is O=C(NCc1cccc(O)c1)c1ccc(-c2ccnc(Nc3cccc(CCN4CCOCC4)c3)n2)s1. The lowest BCUT2D eigenvalue weighted by Crippen LogP contribution is -2.37. The number of phenolic OH excluding ortho intramolecular Hbond substituents is 1. The molecular formula is C28H29N5O3S. The van der Waals surface area contributed by atoms with Crippen molar-refractivity contribution in [3.8, 4) is 16.3 Å². The van der Waals surface area contributed by atoms with Crippen molar-refractivity contribution in [2.75, 3.05) is 38.2 Å². The summed E-state index contributed by atoms with van der Waals surface area (Å²) in [5, 5.41) is 15.8. The molecule has 5 rings (SSSR count). The third-order valence-corrected chi connectivity index (χ3v) is 7.21. The summed E-state index contributed by atoms with van der Waals surface area (Å²) in [6.45, 7) is 4.95. The average Bonchev–Trinajstić information content (AvgIpc) is 3.42. The van der Waals surface area contributed by atoms with Gasteiger partial charge in [0, 0.05) is 38.1 Å². The number of morpholine rings is 1. The number of phenols is 1. The van der Waals surface area contributed by atoms with Gasteiger partial charge in [-0.25, -0.2) is 9.97 Å². The quantitative estimate of drug-likeness (QED) is 0.303. The molecule has 8 nitrogen and oxygen atoms in total. The molecule has 1 amide bonds. The fourth-order valence-electron chi connectivity index (χ4n) is 4.14. The Kier molecular flexibility index (Phi) is 8.05. The van der Waals surface area contributed by atoms with Crippen molar-refractivity contribution in [2.24, 2.45) is 0 Å². The zero-order chi connectivity index (χ0) is 25.5. The Morgan fingerprint density at radius 1 is 1.03 bits per heavy atom. The molecule has 2 aromatic carbocycles. The van der Waals surface area contributed by atoms with E-state index in [0.29, 0.717) is 17.4 Å². The molecule has 0 bridgehead atoms. The summed E-state index contributed by atoms with van der Waals surface area (Å²) in [5.74, 6) is 0.519. The molecule has 0 atom stereocenters. The van der Waals surface area contributed by atoms with E-state index in [0.717, 1.165) is 61.1 Å². The minimum Gasteiger partial charge on any atom is -0.508 e. The maximum absolute atomic E-state index is 12.6. The van der Waals surface area contributed by atoms with Gasteiger partial charge in [-0.1, -0.05) is 24.3 Å².